The molecule has 1 rings (SSSR count). The highest BCUT2D eigenvalue weighted by molar-refractivity contribution is 7.91. The van der Waals surface area contributed by atoms with Crippen molar-refractivity contribution in [1.29, 1.82) is 0 Å². The van der Waals surface area contributed by atoms with Crippen LogP contribution in [0.3, 0.4) is 0 Å². The van der Waals surface area contributed by atoms with Gasteiger partial charge in [-0.15, -0.1) is 0 Å². The fraction of sp³-hybridized carbons (Fsp3) is 0.538. The second-order valence-electron chi connectivity index (χ2n) is 4.54. The topological polar surface area (TPSA) is 57.6 Å². The number of hydrogen-bond donors (Lipinski definition) is 1. The Labute approximate surface area is 119 Å². The van der Waals surface area contributed by atoms with Gasteiger partial charge in [0.05, 0.1) is 11.9 Å². The van der Waals surface area contributed by atoms with Crippen LogP contribution in [0.2, 0.25) is 5.02 Å². The molecule has 0 aromatic heterocycles. The Morgan fingerprint density at radius 1 is 1.37 bits per heavy atom. The van der Waals surface area contributed by atoms with Gasteiger partial charge in [-0.3, -0.25) is 0 Å². The van der Waals surface area contributed by atoms with Crippen molar-refractivity contribution in [2.75, 3.05) is 31.6 Å². The third-order valence-electron chi connectivity index (χ3n) is 2.97. The molecule has 0 fully saturated rings. The van der Waals surface area contributed by atoms with Crippen molar-refractivity contribution in [2.24, 2.45) is 0 Å². The molecule has 6 heteroatoms. The van der Waals surface area contributed by atoms with Crippen LogP contribution in [-0.2, 0) is 9.84 Å². The summed E-state index contributed by atoms with van der Waals surface area (Å²) in [5, 5.41) is 10.6. The maximum Gasteiger partial charge on any atom is 0.151 e. The molecular weight excluding hydrogens is 286 g/mol. The minimum absolute atomic E-state index is 0.106. The quantitative estimate of drug-likeness (QED) is 0.833. The van der Waals surface area contributed by atoms with Gasteiger partial charge >= 0.3 is 0 Å². The first kappa shape index (κ1) is 16.4. The molecule has 0 bridgehead atoms. The van der Waals surface area contributed by atoms with Gasteiger partial charge in [-0.1, -0.05) is 36.7 Å². The van der Waals surface area contributed by atoms with E-state index in [9.17, 15) is 13.5 Å². The maximum atomic E-state index is 11.4. The van der Waals surface area contributed by atoms with E-state index in [1.54, 1.807) is 37.1 Å². The highest BCUT2D eigenvalue weighted by Gasteiger charge is 2.15. The second-order valence-corrected chi connectivity index (χ2v) is 7.42. The summed E-state index contributed by atoms with van der Waals surface area (Å²) >= 11 is 6.00. The molecule has 4 nitrogen and oxygen atoms in total. The molecule has 0 heterocycles. The van der Waals surface area contributed by atoms with Gasteiger partial charge in [-0.25, -0.2) is 8.42 Å². The lowest BCUT2D eigenvalue weighted by molar-refractivity contribution is 0.130. The van der Waals surface area contributed by atoms with Crippen molar-refractivity contribution < 1.29 is 13.5 Å². The molecule has 0 aliphatic carbocycles. The highest BCUT2D eigenvalue weighted by atomic mass is 35.5. The van der Waals surface area contributed by atoms with Crippen molar-refractivity contribution in [3.63, 3.8) is 0 Å². The summed E-state index contributed by atoms with van der Waals surface area (Å²) in [6, 6.07) is 7.10. The Bertz CT molecular complexity index is 504. The van der Waals surface area contributed by atoms with Crippen molar-refractivity contribution in [3.8, 4) is 0 Å². The number of nitrogens with zero attached hydrogens (tertiary/aromatic N) is 1. The zero-order valence-electron chi connectivity index (χ0n) is 11.2. The molecule has 0 saturated carbocycles. The largest absolute Gasteiger partial charge is 0.387 e. The SMILES string of the molecule is CCS(=O)(=O)CCN(C)CC(O)c1ccccc1Cl. The van der Waals surface area contributed by atoms with Gasteiger partial charge in [-0.05, 0) is 13.1 Å². The Balaban J connectivity index is 2.53. The predicted molar refractivity (Wildman–Crippen MR) is 78.2 cm³/mol. The zero-order chi connectivity index (χ0) is 14.5. The molecular formula is C13H20ClNO3S. The van der Waals surface area contributed by atoms with Crippen LogP contribution in [0.4, 0.5) is 0 Å². The summed E-state index contributed by atoms with van der Waals surface area (Å²) < 4.78 is 22.8. The average Bonchev–Trinajstić information content (AvgIpc) is 2.37. The molecule has 0 aliphatic rings. The van der Waals surface area contributed by atoms with Gasteiger partial charge in [-0.2, -0.15) is 0 Å². The Kier molecular flexibility index (Phi) is 6.26. The van der Waals surface area contributed by atoms with Gasteiger partial charge in [0.2, 0.25) is 0 Å². The number of rotatable bonds is 7. The average molecular weight is 306 g/mol. The van der Waals surface area contributed by atoms with E-state index in [4.69, 9.17) is 11.6 Å². The summed E-state index contributed by atoms with van der Waals surface area (Å²) in [6.45, 7) is 2.38. The first-order valence-electron chi connectivity index (χ1n) is 6.17. The molecule has 0 aliphatic heterocycles. The van der Waals surface area contributed by atoms with Crippen molar-refractivity contribution in [3.05, 3.63) is 34.9 Å². The van der Waals surface area contributed by atoms with Crippen LogP contribution < -0.4 is 0 Å². The zero-order valence-corrected chi connectivity index (χ0v) is 12.8. The third kappa shape index (κ3) is 5.48. The predicted octanol–water partition coefficient (Wildman–Crippen LogP) is 1.74. The molecule has 0 spiro atoms. The Morgan fingerprint density at radius 3 is 2.58 bits per heavy atom. The van der Waals surface area contributed by atoms with Crippen LogP contribution in [0.25, 0.3) is 0 Å². The minimum Gasteiger partial charge on any atom is -0.387 e. The van der Waals surface area contributed by atoms with Crippen LogP contribution in [0.1, 0.15) is 18.6 Å². The van der Waals surface area contributed by atoms with E-state index in [-0.39, 0.29) is 11.5 Å². The van der Waals surface area contributed by atoms with E-state index in [0.29, 0.717) is 23.7 Å². The number of sulfone groups is 1. The van der Waals surface area contributed by atoms with E-state index >= 15 is 0 Å². The number of aliphatic hydroxyl groups is 1. The molecule has 1 N–H and O–H groups in total. The minimum atomic E-state index is -2.97. The molecule has 0 saturated heterocycles. The maximum absolute atomic E-state index is 11.4. The third-order valence-corrected chi connectivity index (χ3v) is 5.00. The first-order valence-corrected chi connectivity index (χ1v) is 8.37. The van der Waals surface area contributed by atoms with Crippen LogP contribution >= 0.6 is 11.6 Å². The van der Waals surface area contributed by atoms with E-state index in [2.05, 4.69) is 0 Å². The number of hydrogen-bond acceptors (Lipinski definition) is 4. The van der Waals surface area contributed by atoms with Gasteiger partial charge in [0.1, 0.15) is 0 Å². The molecule has 0 amide bonds. The normalized spacial score (nSPS) is 13.7. The number of aliphatic hydroxyl groups excluding tert-OH is 1. The summed E-state index contributed by atoms with van der Waals surface area (Å²) in [4.78, 5) is 1.79. The number of benzene rings is 1. The standard InChI is InChI=1S/C13H20ClNO3S/c1-3-19(17,18)9-8-15(2)10-13(16)11-6-4-5-7-12(11)14/h4-7,13,16H,3,8-10H2,1-2H3. The molecule has 1 atom stereocenters. The van der Waals surface area contributed by atoms with Crippen LogP contribution in [0.15, 0.2) is 24.3 Å². The summed E-state index contributed by atoms with van der Waals surface area (Å²) in [5.74, 6) is 0.253. The van der Waals surface area contributed by atoms with Crippen LogP contribution in [-0.4, -0.2) is 50.1 Å². The van der Waals surface area contributed by atoms with Crippen molar-refractivity contribution >= 4 is 21.4 Å². The lowest BCUT2D eigenvalue weighted by atomic mass is 10.1. The molecule has 1 aromatic rings. The number of halogens is 1. The van der Waals surface area contributed by atoms with Gasteiger partial charge in [0, 0.05) is 29.4 Å². The lowest BCUT2D eigenvalue weighted by Crippen LogP contribution is -2.30. The monoisotopic (exact) mass is 305 g/mol. The first-order chi connectivity index (χ1) is 8.85. The van der Waals surface area contributed by atoms with E-state index in [0.717, 1.165) is 0 Å². The van der Waals surface area contributed by atoms with Gasteiger partial charge in [0.25, 0.3) is 0 Å². The highest BCUT2D eigenvalue weighted by Crippen LogP contribution is 2.22. The fourth-order valence-electron chi connectivity index (χ4n) is 1.67. The summed E-state index contributed by atoms with van der Waals surface area (Å²) in [6.07, 6.45) is -0.719. The van der Waals surface area contributed by atoms with Crippen LogP contribution in [0, 0.1) is 0 Å². The molecule has 1 aromatic carbocycles. The molecule has 1 unspecified atom stereocenters. The van der Waals surface area contributed by atoms with Crippen molar-refractivity contribution in [2.45, 2.75) is 13.0 Å². The van der Waals surface area contributed by atoms with Gasteiger partial charge < -0.3 is 10.0 Å². The van der Waals surface area contributed by atoms with Gasteiger partial charge in [0.15, 0.2) is 9.84 Å². The summed E-state index contributed by atoms with van der Waals surface area (Å²) in [5.41, 5.74) is 0.661. The van der Waals surface area contributed by atoms with Crippen molar-refractivity contribution in [1.82, 2.24) is 4.90 Å². The van der Waals surface area contributed by atoms with E-state index in [1.165, 1.54) is 0 Å². The van der Waals surface area contributed by atoms with Crippen LogP contribution in [0.5, 0.6) is 0 Å². The van der Waals surface area contributed by atoms with E-state index < -0.39 is 15.9 Å². The lowest BCUT2D eigenvalue weighted by Gasteiger charge is -2.21. The van der Waals surface area contributed by atoms with E-state index in [1.807, 2.05) is 6.07 Å². The second kappa shape index (κ2) is 7.24. The Hall–Kier alpha value is -0.620. The smallest absolute Gasteiger partial charge is 0.151 e. The fourth-order valence-corrected chi connectivity index (χ4v) is 2.81. The number of likely N-dealkylation sites (N-methyl/N-ethyl adjacent to an activating group) is 1. The molecule has 0 radical (unpaired) electrons. The Morgan fingerprint density at radius 2 is 2.00 bits per heavy atom. The molecule has 19 heavy (non-hydrogen) atoms. The molecule has 108 valence electrons. The summed E-state index contributed by atoms with van der Waals surface area (Å²) in [7, 11) is -1.19.